The van der Waals surface area contributed by atoms with Gasteiger partial charge in [0.15, 0.2) is 5.78 Å². The fraction of sp³-hybridized carbons (Fsp3) is 0.343. The van der Waals surface area contributed by atoms with Gasteiger partial charge in [-0.1, -0.05) is 56.3 Å². The van der Waals surface area contributed by atoms with Crippen molar-refractivity contribution in [3.63, 3.8) is 0 Å². The number of fused-ring (bicyclic) bond motifs is 1. The molecule has 0 spiro atoms. The van der Waals surface area contributed by atoms with E-state index in [4.69, 9.17) is 5.11 Å². The zero-order valence-electron chi connectivity index (χ0n) is 25.0. The minimum absolute atomic E-state index is 0.0208. The standard InChI is InChI=1S/C35H41N3O4/c1-5-36(6-2)33(39)24-38(28-18-16-26(17-19-28)21-25(3)4)29-12-9-11-27(22-29)35(42)31-23-37(20-10-15-34(40)41)32-14-8-7-13-30(31)32/h7-9,11-14,16-19,22-23,25H,5-6,10,15,20-21,24H2,1-4H3,(H,40,41). The summed E-state index contributed by atoms with van der Waals surface area (Å²) in [5.74, 6) is -0.389. The van der Waals surface area contributed by atoms with E-state index in [9.17, 15) is 14.4 Å². The van der Waals surface area contributed by atoms with Gasteiger partial charge in [-0.25, -0.2) is 0 Å². The quantitative estimate of drug-likeness (QED) is 0.167. The summed E-state index contributed by atoms with van der Waals surface area (Å²) in [5, 5.41) is 9.90. The minimum atomic E-state index is -0.835. The number of carboxylic acid groups (broad SMARTS) is 1. The molecule has 0 bridgehead atoms. The smallest absolute Gasteiger partial charge is 0.303 e. The van der Waals surface area contributed by atoms with Gasteiger partial charge in [-0.05, 0) is 68.5 Å². The molecule has 0 aliphatic carbocycles. The van der Waals surface area contributed by atoms with Crippen molar-refractivity contribution in [2.24, 2.45) is 5.92 Å². The van der Waals surface area contributed by atoms with Crippen LogP contribution in [0.25, 0.3) is 10.9 Å². The summed E-state index contributed by atoms with van der Waals surface area (Å²) in [5.41, 5.74) is 4.90. The molecule has 7 heteroatoms. The molecule has 7 nitrogen and oxygen atoms in total. The summed E-state index contributed by atoms with van der Waals surface area (Å²) in [6.45, 7) is 10.3. The van der Waals surface area contributed by atoms with Gasteiger partial charge < -0.3 is 19.5 Å². The lowest BCUT2D eigenvalue weighted by molar-refractivity contribution is -0.137. The number of aliphatic carboxylic acids is 1. The first-order valence-electron chi connectivity index (χ1n) is 14.8. The number of likely N-dealkylation sites (N-methyl/N-ethyl adjacent to an activating group) is 1. The third-order valence-corrected chi connectivity index (χ3v) is 7.54. The van der Waals surface area contributed by atoms with Crippen LogP contribution in [-0.2, 0) is 22.6 Å². The number of aromatic nitrogens is 1. The van der Waals surface area contributed by atoms with E-state index in [0.29, 0.717) is 43.1 Å². The molecule has 1 N–H and O–H groups in total. The largest absolute Gasteiger partial charge is 0.481 e. The highest BCUT2D eigenvalue weighted by Crippen LogP contribution is 2.30. The lowest BCUT2D eigenvalue weighted by atomic mass is 10.0. The molecular formula is C35H41N3O4. The summed E-state index contributed by atoms with van der Waals surface area (Å²) >= 11 is 0. The average molecular weight is 568 g/mol. The first-order chi connectivity index (χ1) is 20.2. The van der Waals surface area contributed by atoms with E-state index in [1.165, 1.54) is 5.56 Å². The maximum Gasteiger partial charge on any atom is 0.303 e. The van der Waals surface area contributed by atoms with Crippen molar-refractivity contribution in [1.29, 1.82) is 0 Å². The number of hydrogen-bond donors (Lipinski definition) is 1. The Morgan fingerprint density at radius 1 is 0.881 bits per heavy atom. The summed E-state index contributed by atoms with van der Waals surface area (Å²) < 4.78 is 1.96. The minimum Gasteiger partial charge on any atom is -0.481 e. The van der Waals surface area contributed by atoms with E-state index in [2.05, 4.69) is 26.0 Å². The topological polar surface area (TPSA) is 82.9 Å². The van der Waals surface area contributed by atoms with Crippen molar-refractivity contribution in [2.45, 2.75) is 53.5 Å². The van der Waals surface area contributed by atoms with Gasteiger partial charge in [-0.2, -0.15) is 0 Å². The monoisotopic (exact) mass is 567 g/mol. The fourth-order valence-corrected chi connectivity index (χ4v) is 5.41. The fourth-order valence-electron chi connectivity index (χ4n) is 5.41. The number of anilines is 2. The lowest BCUT2D eigenvalue weighted by Crippen LogP contribution is -2.38. The molecule has 0 fully saturated rings. The first kappa shape index (κ1) is 30.6. The van der Waals surface area contributed by atoms with Crippen LogP contribution < -0.4 is 4.90 Å². The van der Waals surface area contributed by atoms with Crippen molar-refractivity contribution < 1.29 is 19.5 Å². The van der Waals surface area contributed by atoms with E-state index in [0.717, 1.165) is 28.7 Å². The Morgan fingerprint density at radius 2 is 1.60 bits per heavy atom. The maximum atomic E-state index is 13.9. The van der Waals surface area contributed by atoms with Gasteiger partial charge in [-0.3, -0.25) is 14.4 Å². The molecule has 1 aromatic heterocycles. The molecule has 220 valence electrons. The van der Waals surface area contributed by atoms with Gasteiger partial charge in [0.05, 0.1) is 0 Å². The summed E-state index contributed by atoms with van der Waals surface area (Å²) in [4.78, 5) is 42.0. The van der Waals surface area contributed by atoms with Crippen LogP contribution in [0.3, 0.4) is 0 Å². The number of nitrogens with zero attached hydrogens (tertiary/aromatic N) is 3. The summed E-state index contributed by atoms with van der Waals surface area (Å²) in [6, 6.07) is 23.5. The number of rotatable bonds is 14. The third-order valence-electron chi connectivity index (χ3n) is 7.54. The Morgan fingerprint density at radius 3 is 2.26 bits per heavy atom. The highest BCUT2D eigenvalue weighted by molar-refractivity contribution is 6.16. The second-order valence-corrected chi connectivity index (χ2v) is 11.0. The lowest BCUT2D eigenvalue weighted by Gasteiger charge is -2.28. The third kappa shape index (κ3) is 7.27. The number of carbonyl (C=O) groups is 3. The van der Waals surface area contributed by atoms with Crippen LogP contribution >= 0.6 is 0 Å². The Hall–Kier alpha value is -4.39. The predicted octanol–water partition coefficient (Wildman–Crippen LogP) is 6.94. The van der Waals surface area contributed by atoms with Crippen LogP contribution in [0.4, 0.5) is 11.4 Å². The van der Waals surface area contributed by atoms with Crippen molar-refractivity contribution in [2.75, 3.05) is 24.5 Å². The summed E-state index contributed by atoms with van der Waals surface area (Å²) in [7, 11) is 0. The van der Waals surface area contributed by atoms with Crippen molar-refractivity contribution in [1.82, 2.24) is 9.47 Å². The summed E-state index contributed by atoms with van der Waals surface area (Å²) in [6.07, 6.45) is 3.35. The van der Waals surface area contributed by atoms with E-state index >= 15 is 0 Å². The van der Waals surface area contributed by atoms with E-state index in [-0.39, 0.29) is 24.7 Å². The number of benzene rings is 3. The number of carboxylic acids is 1. The molecule has 0 atom stereocenters. The van der Waals surface area contributed by atoms with Gasteiger partial charge >= 0.3 is 5.97 Å². The van der Waals surface area contributed by atoms with Crippen LogP contribution in [0.5, 0.6) is 0 Å². The van der Waals surface area contributed by atoms with Gasteiger partial charge in [0, 0.05) is 65.7 Å². The van der Waals surface area contributed by atoms with Gasteiger partial charge in [0.1, 0.15) is 6.54 Å². The molecule has 3 aromatic carbocycles. The number of amides is 1. The SMILES string of the molecule is CCN(CC)C(=O)CN(c1ccc(CC(C)C)cc1)c1cccc(C(=O)c2cn(CCCC(=O)O)c3ccccc23)c1. The number of para-hydroxylation sites is 1. The zero-order chi connectivity index (χ0) is 30.2. The molecule has 0 aliphatic heterocycles. The Labute approximate surface area is 248 Å². The van der Waals surface area contributed by atoms with Crippen molar-refractivity contribution in [3.05, 3.63) is 95.7 Å². The predicted molar refractivity (Wildman–Crippen MR) is 169 cm³/mol. The van der Waals surface area contributed by atoms with E-state index in [1.54, 1.807) is 6.07 Å². The number of aryl methyl sites for hydroxylation is 1. The number of carbonyl (C=O) groups excluding carboxylic acids is 2. The molecule has 0 saturated carbocycles. The Kier molecular flexibility index (Phi) is 10.2. The number of ketones is 1. The highest BCUT2D eigenvalue weighted by atomic mass is 16.4. The Bertz CT molecular complexity index is 1530. The molecule has 0 unspecified atom stereocenters. The molecule has 0 radical (unpaired) electrons. The number of hydrogen-bond acceptors (Lipinski definition) is 4. The Balaban J connectivity index is 1.70. The molecule has 0 saturated heterocycles. The van der Waals surface area contributed by atoms with Crippen LogP contribution in [0.15, 0.2) is 79.0 Å². The molecule has 0 aliphatic rings. The van der Waals surface area contributed by atoms with Crippen LogP contribution in [0.1, 0.15) is 62.0 Å². The molecule has 1 amide bonds. The normalized spacial score (nSPS) is 11.2. The second kappa shape index (κ2) is 14.0. The van der Waals surface area contributed by atoms with Crippen molar-refractivity contribution in [3.8, 4) is 0 Å². The van der Waals surface area contributed by atoms with Gasteiger partial charge in [-0.15, -0.1) is 0 Å². The van der Waals surface area contributed by atoms with Crippen LogP contribution in [0.2, 0.25) is 0 Å². The van der Waals surface area contributed by atoms with Crippen molar-refractivity contribution >= 4 is 39.9 Å². The molecule has 4 rings (SSSR count). The second-order valence-electron chi connectivity index (χ2n) is 11.0. The zero-order valence-corrected chi connectivity index (χ0v) is 25.0. The first-order valence-corrected chi connectivity index (χ1v) is 14.8. The highest BCUT2D eigenvalue weighted by Gasteiger charge is 2.21. The van der Waals surface area contributed by atoms with E-state index in [1.807, 2.05) is 89.0 Å². The maximum absolute atomic E-state index is 13.9. The van der Waals surface area contributed by atoms with Gasteiger partial charge in [0.25, 0.3) is 0 Å². The molecule has 1 heterocycles. The van der Waals surface area contributed by atoms with E-state index < -0.39 is 5.97 Å². The molecular weight excluding hydrogens is 526 g/mol. The molecule has 42 heavy (non-hydrogen) atoms. The van der Waals surface area contributed by atoms with Crippen LogP contribution in [-0.4, -0.2) is 51.9 Å². The van der Waals surface area contributed by atoms with Gasteiger partial charge in [0.2, 0.25) is 5.91 Å². The average Bonchev–Trinajstić information content (AvgIpc) is 3.35. The van der Waals surface area contributed by atoms with Crippen LogP contribution in [0, 0.1) is 5.92 Å². The molecule has 4 aromatic rings.